The first-order valence-electron chi connectivity index (χ1n) is 7.07. The number of nitrogens with zero attached hydrogens (tertiary/aromatic N) is 1. The second-order valence-corrected chi connectivity index (χ2v) is 6.20. The Labute approximate surface area is 118 Å². The van der Waals surface area contributed by atoms with Crippen molar-refractivity contribution in [3.63, 3.8) is 0 Å². The van der Waals surface area contributed by atoms with Gasteiger partial charge in [-0.1, -0.05) is 12.1 Å². The Balaban J connectivity index is 1.44. The van der Waals surface area contributed by atoms with Crippen LogP contribution in [0.25, 0.3) is 11.1 Å². The lowest BCUT2D eigenvalue weighted by molar-refractivity contribution is 0.476. The number of benzene rings is 1. The van der Waals surface area contributed by atoms with Gasteiger partial charge in [0.25, 0.3) is 0 Å². The van der Waals surface area contributed by atoms with Gasteiger partial charge in [0.1, 0.15) is 5.52 Å². The molecule has 1 aromatic carbocycles. The summed E-state index contributed by atoms with van der Waals surface area (Å²) in [4.78, 5) is 4.50. The summed E-state index contributed by atoms with van der Waals surface area (Å²) in [5, 5.41) is 3.64. The Morgan fingerprint density at radius 3 is 3.16 bits per heavy atom. The van der Waals surface area contributed by atoms with Crippen molar-refractivity contribution < 1.29 is 4.42 Å². The van der Waals surface area contributed by atoms with Crippen LogP contribution in [-0.2, 0) is 6.42 Å². The monoisotopic (exact) mass is 276 g/mol. The Morgan fingerprint density at radius 1 is 1.37 bits per heavy atom. The molecule has 4 heteroatoms. The molecule has 2 heterocycles. The predicted molar refractivity (Wildman–Crippen MR) is 80.7 cm³/mol. The summed E-state index contributed by atoms with van der Waals surface area (Å²) < 4.78 is 5.72. The molecule has 1 aliphatic heterocycles. The van der Waals surface area contributed by atoms with Gasteiger partial charge in [0.15, 0.2) is 11.5 Å². The minimum absolute atomic E-state index is 0.711. The lowest BCUT2D eigenvalue weighted by atomic mass is 10.2. The molecule has 19 heavy (non-hydrogen) atoms. The summed E-state index contributed by atoms with van der Waals surface area (Å²) in [5.41, 5.74) is 1.86. The normalized spacial score (nSPS) is 19.9. The van der Waals surface area contributed by atoms with Crippen LogP contribution in [0.5, 0.6) is 0 Å². The van der Waals surface area contributed by atoms with E-state index in [1.807, 2.05) is 24.3 Å². The molecule has 1 aliphatic rings. The lowest BCUT2D eigenvalue weighted by Crippen LogP contribution is -2.34. The third-order valence-corrected chi connectivity index (χ3v) is 4.71. The maximum absolute atomic E-state index is 5.72. The SMILES string of the molecule is c1ccc2oc(CCCNC3CCCSC3)nc2c1. The van der Waals surface area contributed by atoms with Crippen molar-refractivity contribution in [1.29, 1.82) is 0 Å². The van der Waals surface area contributed by atoms with Gasteiger partial charge < -0.3 is 9.73 Å². The molecule has 3 nitrogen and oxygen atoms in total. The number of nitrogens with one attached hydrogen (secondary N) is 1. The van der Waals surface area contributed by atoms with Crippen LogP contribution >= 0.6 is 11.8 Å². The number of aryl methyl sites for hydroxylation is 1. The number of hydrogen-bond donors (Lipinski definition) is 1. The first-order valence-corrected chi connectivity index (χ1v) is 8.23. The second kappa shape index (κ2) is 6.44. The standard InChI is InChI=1S/C15H20N2OS/c1-2-7-14-13(6-1)17-15(18-14)8-3-9-16-12-5-4-10-19-11-12/h1-2,6-7,12,16H,3-5,8-11H2. The number of rotatable bonds is 5. The fourth-order valence-corrected chi connectivity index (χ4v) is 3.58. The second-order valence-electron chi connectivity index (χ2n) is 5.05. The summed E-state index contributed by atoms with van der Waals surface area (Å²) in [6, 6.07) is 8.67. The molecular weight excluding hydrogens is 256 g/mol. The zero-order valence-corrected chi connectivity index (χ0v) is 11.9. The number of aromatic nitrogens is 1. The molecule has 102 valence electrons. The highest BCUT2D eigenvalue weighted by atomic mass is 32.2. The van der Waals surface area contributed by atoms with E-state index in [0.29, 0.717) is 6.04 Å². The molecular formula is C15H20N2OS. The number of oxazole rings is 1. The van der Waals surface area contributed by atoms with Crippen molar-refractivity contribution in [3.8, 4) is 0 Å². The average molecular weight is 276 g/mol. The van der Waals surface area contributed by atoms with E-state index in [4.69, 9.17) is 4.42 Å². The van der Waals surface area contributed by atoms with E-state index in [2.05, 4.69) is 22.1 Å². The lowest BCUT2D eigenvalue weighted by Gasteiger charge is -2.22. The largest absolute Gasteiger partial charge is 0.441 e. The highest BCUT2D eigenvalue weighted by molar-refractivity contribution is 7.99. The first-order chi connectivity index (χ1) is 9.42. The highest BCUT2D eigenvalue weighted by Crippen LogP contribution is 2.17. The first kappa shape index (κ1) is 13.0. The summed E-state index contributed by atoms with van der Waals surface area (Å²) >= 11 is 2.07. The van der Waals surface area contributed by atoms with E-state index in [-0.39, 0.29) is 0 Å². The van der Waals surface area contributed by atoms with Crippen molar-refractivity contribution in [1.82, 2.24) is 10.3 Å². The third-order valence-electron chi connectivity index (χ3n) is 3.50. The van der Waals surface area contributed by atoms with Gasteiger partial charge in [0, 0.05) is 18.2 Å². The van der Waals surface area contributed by atoms with Gasteiger partial charge in [-0.3, -0.25) is 0 Å². The van der Waals surface area contributed by atoms with E-state index < -0.39 is 0 Å². The van der Waals surface area contributed by atoms with Crippen molar-refractivity contribution in [2.45, 2.75) is 31.7 Å². The number of hydrogen-bond acceptors (Lipinski definition) is 4. The van der Waals surface area contributed by atoms with Gasteiger partial charge >= 0.3 is 0 Å². The van der Waals surface area contributed by atoms with Gasteiger partial charge in [0.05, 0.1) is 0 Å². The molecule has 0 aliphatic carbocycles. The predicted octanol–water partition coefficient (Wildman–Crippen LogP) is 3.25. The van der Waals surface area contributed by atoms with Crippen LogP contribution in [0.15, 0.2) is 28.7 Å². The van der Waals surface area contributed by atoms with Crippen LogP contribution in [0.1, 0.15) is 25.2 Å². The van der Waals surface area contributed by atoms with Crippen LogP contribution in [0.4, 0.5) is 0 Å². The van der Waals surface area contributed by atoms with E-state index in [0.717, 1.165) is 36.4 Å². The molecule has 0 radical (unpaired) electrons. The minimum Gasteiger partial charge on any atom is -0.441 e. The zero-order chi connectivity index (χ0) is 12.9. The number of thioether (sulfide) groups is 1. The maximum Gasteiger partial charge on any atom is 0.195 e. The summed E-state index contributed by atoms with van der Waals surface area (Å²) in [7, 11) is 0. The van der Waals surface area contributed by atoms with E-state index in [9.17, 15) is 0 Å². The van der Waals surface area contributed by atoms with Gasteiger partial charge in [-0.25, -0.2) is 4.98 Å². The van der Waals surface area contributed by atoms with Gasteiger partial charge in [-0.2, -0.15) is 11.8 Å². The molecule has 0 bridgehead atoms. The summed E-state index contributed by atoms with van der Waals surface area (Å²) in [5.74, 6) is 3.46. The topological polar surface area (TPSA) is 38.1 Å². The third kappa shape index (κ3) is 3.51. The molecule has 1 fully saturated rings. The molecule has 0 spiro atoms. The van der Waals surface area contributed by atoms with Crippen LogP contribution < -0.4 is 5.32 Å². The Hall–Kier alpha value is -1.00. The van der Waals surface area contributed by atoms with E-state index in [1.54, 1.807) is 0 Å². The Kier molecular flexibility index (Phi) is 4.41. The molecule has 1 aromatic heterocycles. The Bertz CT molecular complexity index is 487. The quantitative estimate of drug-likeness (QED) is 0.851. The molecule has 1 N–H and O–H groups in total. The molecule has 2 aromatic rings. The minimum atomic E-state index is 0.711. The molecule has 0 saturated carbocycles. The number of para-hydroxylation sites is 2. The zero-order valence-electron chi connectivity index (χ0n) is 11.1. The number of fused-ring (bicyclic) bond motifs is 1. The van der Waals surface area contributed by atoms with Crippen molar-refractivity contribution in [2.75, 3.05) is 18.1 Å². The van der Waals surface area contributed by atoms with Gasteiger partial charge in [0.2, 0.25) is 0 Å². The van der Waals surface area contributed by atoms with E-state index >= 15 is 0 Å². The molecule has 0 amide bonds. The van der Waals surface area contributed by atoms with Gasteiger partial charge in [-0.15, -0.1) is 0 Å². The van der Waals surface area contributed by atoms with Crippen LogP contribution in [0.2, 0.25) is 0 Å². The van der Waals surface area contributed by atoms with E-state index in [1.165, 1.54) is 24.3 Å². The molecule has 1 unspecified atom stereocenters. The van der Waals surface area contributed by atoms with Crippen LogP contribution in [0.3, 0.4) is 0 Å². The van der Waals surface area contributed by atoms with Crippen molar-refractivity contribution in [3.05, 3.63) is 30.2 Å². The summed E-state index contributed by atoms with van der Waals surface area (Å²) in [6.07, 6.45) is 4.69. The van der Waals surface area contributed by atoms with Crippen molar-refractivity contribution in [2.24, 2.45) is 0 Å². The maximum atomic E-state index is 5.72. The average Bonchev–Trinajstić information content (AvgIpc) is 2.87. The fourth-order valence-electron chi connectivity index (χ4n) is 2.47. The van der Waals surface area contributed by atoms with Crippen LogP contribution in [0, 0.1) is 0 Å². The Morgan fingerprint density at radius 2 is 2.32 bits per heavy atom. The molecule has 3 rings (SSSR count). The highest BCUT2D eigenvalue weighted by Gasteiger charge is 2.12. The fraction of sp³-hybridized carbons (Fsp3) is 0.533. The summed E-state index contributed by atoms with van der Waals surface area (Å²) in [6.45, 7) is 1.06. The smallest absolute Gasteiger partial charge is 0.195 e. The van der Waals surface area contributed by atoms with Crippen molar-refractivity contribution >= 4 is 22.9 Å². The molecule has 1 atom stereocenters. The van der Waals surface area contributed by atoms with Crippen LogP contribution in [-0.4, -0.2) is 29.1 Å². The molecule has 1 saturated heterocycles. The van der Waals surface area contributed by atoms with Gasteiger partial charge in [-0.05, 0) is 43.7 Å².